The van der Waals surface area contributed by atoms with Gasteiger partial charge in [0.15, 0.2) is 0 Å². The Labute approximate surface area is 149 Å². The first-order valence-corrected chi connectivity index (χ1v) is 8.16. The number of hydrogen-bond acceptors (Lipinski definition) is 2. The highest BCUT2D eigenvalue weighted by Gasteiger charge is 2.14. The second-order valence-electron chi connectivity index (χ2n) is 5.74. The topological polar surface area (TPSA) is 51.9 Å². The Morgan fingerprint density at radius 3 is 2.64 bits per heavy atom. The van der Waals surface area contributed by atoms with Crippen molar-refractivity contribution in [2.75, 3.05) is 5.32 Å². The van der Waals surface area contributed by atoms with E-state index >= 15 is 0 Å². The molecule has 1 N–H and O–H groups in total. The van der Waals surface area contributed by atoms with Crippen molar-refractivity contribution in [1.29, 1.82) is 0 Å². The van der Waals surface area contributed by atoms with Crippen LogP contribution in [0.15, 0.2) is 67.0 Å². The average Bonchev–Trinajstić information content (AvgIpc) is 3.25. The molecule has 2 heterocycles. The van der Waals surface area contributed by atoms with Crippen LogP contribution in [0.5, 0.6) is 0 Å². The first-order valence-electron chi connectivity index (χ1n) is 7.78. The van der Waals surface area contributed by atoms with Crippen molar-refractivity contribution in [1.82, 2.24) is 14.3 Å². The Bertz CT molecular complexity index is 1050. The Morgan fingerprint density at radius 1 is 1.12 bits per heavy atom. The summed E-state index contributed by atoms with van der Waals surface area (Å²) in [7, 11) is 1.86. The number of aromatic nitrogens is 3. The molecule has 0 radical (unpaired) electrons. The molecule has 0 saturated carbocycles. The second kappa shape index (κ2) is 6.11. The number of anilines is 1. The van der Waals surface area contributed by atoms with E-state index in [1.165, 1.54) is 0 Å². The number of hydrogen-bond donors (Lipinski definition) is 1. The van der Waals surface area contributed by atoms with E-state index in [0.717, 1.165) is 22.3 Å². The molecule has 0 aliphatic rings. The van der Waals surface area contributed by atoms with Gasteiger partial charge in [0, 0.05) is 41.1 Å². The highest BCUT2D eigenvalue weighted by atomic mass is 35.5. The van der Waals surface area contributed by atoms with Gasteiger partial charge in [0.05, 0.1) is 5.69 Å². The lowest BCUT2D eigenvalue weighted by Crippen LogP contribution is -2.15. The standard InChI is InChI=1S/C19H15ClN4O/c1-23-17-12-14(20)4-3-13(17)11-18(23)19(25)22-15-5-7-16(8-6-15)24-10-2-9-21-24/h2-12H,1H3,(H,22,25). The lowest BCUT2D eigenvalue weighted by Gasteiger charge is -2.08. The quantitative estimate of drug-likeness (QED) is 0.600. The molecule has 124 valence electrons. The monoisotopic (exact) mass is 350 g/mol. The molecule has 6 heteroatoms. The van der Waals surface area contributed by atoms with Crippen molar-refractivity contribution in [2.45, 2.75) is 0 Å². The summed E-state index contributed by atoms with van der Waals surface area (Å²) in [6.07, 6.45) is 3.59. The van der Waals surface area contributed by atoms with E-state index in [0.29, 0.717) is 10.7 Å². The van der Waals surface area contributed by atoms with Crippen LogP contribution >= 0.6 is 11.6 Å². The fourth-order valence-electron chi connectivity index (χ4n) is 2.84. The Balaban J connectivity index is 1.59. The maximum absolute atomic E-state index is 12.6. The van der Waals surface area contributed by atoms with E-state index in [4.69, 9.17) is 11.6 Å². The highest BCUT2D eigenvalue weighted by Crippen LogP contribution is 2.23. The van der Waals surface area contributed by atoms with Crippen LogP contribution in [0.3, 0.4) is 0 Å². The maximum Gasteiger partial charge on any atom is 0.272 e. The summed E-state index contributed by atoms with van der Waals surface area (Å²) in [5, 5.41) is 8.73. The fourth-order valence-corrected chi connectivity index (χ4v) is 3.00. The van der Waals surface area contributed by atoms with Crippen molar-refractivity contribution in [3.05, 3.63) is 77.7 Å². The number of carbonyl (C=O) groups excluding carboxylic acids is 1. The molecule has 0 spiro atoms. The van der Waals surface area contributed by atoms with E-state index in [2.05, 4.69) is 10.4 Å². The summed E-state index contributed by atoms with van der Waals surface area (Å²) in [4.78, 5) is 12.6. The third kappa shape index (κ3) is 2.90. The van der Waals surface area contributed by atoms with Gasteiger partial charge >= 0.3 is 0 Å². The zero-order valence-corrected chi connectivity index (χ0v) is 14.2. The summed E-state index contributed by atoms with van der Waals surface area (Å²) in [6.45, 7) is 0. The van der Waals surface area contributed by atoms with E-state index in [-0.39, 0.29) is 5.91 Å². The third-order valence-electron chi connectivity index (χ3n) is 4.13. The van der Waals surface area contributed by atoms with Crippen molar-refractivity contribution in [3.8, 4) is 5.69 Å². The van der Waals surface area contributed by atoms with Crippen LogP contribution in [0, 0.1) is 0 Å². The van der Waals surface area contributed by atoms with Gasteiger partial charge < -0.3 is 9.88 Å². The predicted octanol–water partition coefficient (Wildman–Crippen LogP) is 4.27. The van der Waals surface area contributed by atoms with Gasteiger partial charge in [-0.3, -0.25) is 4.79 Å². The highest BCUT2D eigenvalue weighted by molar-refractivity contribution is 6.31. The molecule has 2 aromatic heterocycles. The number of halogens is 1. The minimum absolute atomic E-state index is 0.165. The summed E-state index contributed by atoms with van der Waals surface area (Å²) < 4.78 is 3.61. The SMILES string of the molecule is Cn1c(C(=O)Nc2ccc(-n3cccn3)cc2)cc2ccc(Cl)cc21. The second-order valence-corrected chi connectivity index (χ2v) is 6.18. The zero-order valence-electron chi connectivity index (χ0n) is 13.5. The molecule has 0 fully saturated rings. The molecule has 0 aliphatic carbocycles. The molecule has 0 unspecified atom stereocenters. The van der Waals surface area contributed by atoms with Gasteiger partial charge in [-0.1, -0.05) is 17.7 Å². The lowest BCUT2D eigenvalue weighted by atomic mass is 10.2. The normalized spacial score (nSPS) is 11.0. The summed E-state index contributed by atoms with van der Waals surface area (Å²) in [6, 6.07) is 16.8. The van der Waals surface area contributed by atoms with Gasteiger partial charge in [-0.15, -0.1) is 0 Å². The van der Waals surface area contributed by atoms with E-state index in [1.807, 2.05) is 72.4 Å². The van der Waals surface area contributed by atoms with Gasteiger partial charge in [0.2, 0.25) is 0 Å². The first-order chi connectivity index (χ1) is 12.1. The predicted molar refractivity (Wildman–Crippen MR) is 99.4 cm³/mol. The molecule has 4 rings (SSSR count). The number of nitrogens with zero attached hydrogens (tertiary/aromatic N) is 3. The minimum atomic E-state index is -0.165. The number of nitrogens with one attached hydrogen (secondary N) is 1. The van der Waals surface area contributed by atoms with Crippen molar-refractivity contribution >= 4 is 34.1 Å². The molecule has 0 bridgehead atoms. The molecular weight excluding hydrogens is 336 g/mol. The average molecular weight is 351 g/mol. The summed E-state index contributed by atoms with van der Waals surface area (Å²) in [5.74, 6) is -0.165. The number of amides is 1. The van der Waals surface area contributed by atoms with Crippen molar-refractivity contribution in [2.24, 2.45) is 7.05 Å². The molecule has 25 heavy (non-hydrogen) atoms. The molecule has 1 amide bonds. The van der Waals surface area contributed by atoms with Crippen LogP contribution in [-0.4, -0.2) is 20.3 Å². The number of aryl methyl sites for hydroxylation is 1. The largest absolute Gasteiger partial charge is 0.340 e. The van der Waals surface area contributed by atoms with Crippen LogP contribution in [-0.2, 0) is 7.05 Å². The van der Waals surface area contributed by atoms with Gasteiger partial charge in [-0.2, -0.15) is 5.10 Å². The van der Waals surface area contributed by atoms with Gasteiger partial charge in [0.1, 0.15) is 5.69 Å². The molecule has 4 aromatic rings. The van der Waals surface area contributed by atoms with Crippen molar-refractivity contribution in [3.63, 3.8) is 0 Å². The molecular formula is C19H15ClN4O. The van der Waals surface area contributed by atoms with Gasteiger partial charge in [0.25, 0.3) is 5.91 Å². The lowest BCUT2D eigenvalue weighted by molar-refractivity contribution is 0.102. The molecule has 0 aliphatic heterocycles. The minimum Gasteiger partial charge on any atom is -0.340 e. The van der Waals surface area contributed by atoms with Crippen LogP contribution < -0.4 is 5.32 Å². The number of carbonyl (C=O) groups is 1. The molecule has 2 aromatic carbocycles. The summed E-state index contributed by atoms with van der Waals surface area (Å²) in [5.41, 5.74) is 3.16. The van der Waals surface area contributed by atoms with Crippen molar-refractivity contribution < 1.29 is 4.79 Å². The smallest absolute Gasteiger partial charge is 0.272 e. The maximum atomic E-state index is 12.6. The first kappa shape index (κ1) is 15.5. The zero-order chi connectivity index (χ0) is 17.4. The summed E-state index contributed by atoms with van der Waals surface area (Å²) >= 11 is 6.05. The van der Waals surface area contributed by atoms with Crippen LogP contribution in [0.1, 0.15) is 10.5 Å². The Morgan fingerprint density at radius 2 is 1.92 bits per heavy atom. The fraction of sp³-hybridized carbons (Fsp3) is 0.0526. The molecule has 0 atom stereocenters. The Hall–Kier alpha value is -3.05. The molecule has 0 saturated heterocycles. The van der Waals surface area contributed by atoms with Gasteiger partial charge in [-0.25, -0.2) is 4.68 Å². The molecule has 5 nitrogen and oxygen atoms in total. The van der Waals surface area contributed by atoms with Crippen LogP contribution in [0.4, 0.5) is 5.69 Å². The Kier molecular flexibility index (Phi) is 3.78. The van der Waals surface area contributed by atoms with E-state index < -0.39 is 0 Å². The number of rotatable bonds is 3. The third-order valence-corrected chi connectivity index (χ3v) is 4.37. The van der Waals surface area contributed by atoms with E-state index in [9.17, 15) is 4.79 Å². The van der Waals surface area contributed by atoms with Crippen LogP contribution in [0.25, 0.3) is 16.6 Å². The van der Waals surface area contributed by atoms with E-state index in [1.54, 1.807) is 10.9 Å². The van der Waals surface area contributed by atoms with Gasteiger partial charge in [-0.05, 0) is 48.5 Å². The number of benzene rings is 2. The van der Waals surface area contributed by atoms with Crippen LogP contribution in [0.2, 0.25) is 5.02 Å². The number of fused-ring (bicyclic) bond motifs is 1.